The molecule has 0 spiro atoms. The highest BCUT2D eigenvalue weighted by atomic mass is 35.5. The van der Waals surface area contributed by atoms with E-state index in [1.165, 1.54) is 0 Å². The summed E-state index contributed by atoms with van der Waals surface area (Å²) in [6.07, 6.45) is 2.54. The third-order valence-corrected chi connectivity index (χ3v) is 2.85. The van der Waals surface area contributed by atoms with Crippen LogP contribution in [0.1, 0.15) is 12.7 Å². The number of aromatic nitrogens is 3. The zero-order valence-corrected chi connectivity index (χ0v) is 10.8. The Kier molecular flexibility index (Phi) is 3.49. The maximum absolute atomic E-state index is 5.91. The van der Waals surface area contributed by atoms with Gasteiger partial charge in [-0.15, -0.1) is 0 Å². The highest BCUT2D eigenvalue weighted by molar-refractivity contribution is 6.30. The van der Waals surface area contributed by atoms with E-state index in [9.17, 15) is 0 Å². The first-order valence-corrected chi connectivity index (χ1v) is 5.80. The van der Waals surface area contributed by atoms with Crippen molar-refractivity contribution in [3.8, 4) is 11.6 Å². The molecule has 1 atom stereocenters. The van der Waals surface area contributed by atoms with Crippen molar-refractivity contribution in [1.82, 2.24) is 20.0 Å². The summed E-state index contributed by atoms with van der Waals surface area (Å²) in [6.45, 7) is 2.06. The molecule has 2 heterocycles. The van der Waals surface area contributed by atoms with Crippen LogP contribution in [0.2, 0.25) is 5.02 Å². The van der Waals surface area contributed by atoms with Gasteiger partial charge in [-0.3, -0.25) is 0 Å². The van der Waals surface area contributed by atoms with Crippen molar-refractivity contribution in [2.45, 2.75) is 19.4 Å². The van der Waals surface area contributed by atoms with Gasteiger partial charge in [-0.05, 0) is 20.0 Å². The molecule has 0 saturated carbocycles. The SMILES string of the molecule is CNC(C)Cc1noc(-c2cc(Cl)cn2C)n1. The molecule has 1 N–H and O–H groups in total. The number of rotatable bonds is 4. The molecule has 2 aromatic heterocycles. The molecule has 92 valence electrons. The van der Waals surface area contributed by atoms with Gasteiger partial charge < -0.3 is 14.4 Å². The summed E-state index contributed by atoms with van der Waals surface area (Å²) in [5.41, 5.74) is 0.825. The monoisotopic (exact) mass is 254 g/mol. The lowest BCUT2D eigenvalue weighted by atomic mass is 10.2. The molecule has 0 aliphatic rings. The minimum Gasteiger partial charge on any atom is -0.345 e. The van der Waals surface area contributed by atoms with E-state index >= 15 is 0 Å². The van der Waals surface area contributed by atoms with Gasteiger partial charge in [-0.1, -0.05) is 16.8 Å². The average molecular weight is 255 g/mol. The molecule has 0 amide bonds. The fourth-order valence-corrected chi connectivity index (χ4v) is 1.80. The van der Waals surface area contributed by atoms with Gasteiger partial charge in [0.2, 0.25) is 0 Å². The van der Waals surface area contributed by atoms with Crippen LogP contribution in [0.3, 0.4) is 0 Å². The lowest BCUT2D eigenvalue weighted by molar-refractivity contribution is 0.416. The zero-order chi connectivity index (χ0) is 12.4. The first kappa shape index (κ1) is 12.1. The Hall–Kier alpha value is -1.33. The van der Waals surface area contributed by atoms with Crippen LogP contribution in [-0.2, 0) is 13.5 Å². The number of halogens is 1. The summed E-state index contributed by atoms with van der Waals surface area (Å²) >= 11 is 5.91. The van der Waals surface area contributed by atoms with Crippen LogP contribution in [0.5, 0.6) is 0 Å². The minimum atomic E-state index is 0.317. The van der Waals surface area contributed by atoms with Crippen molar-refractivity contribution in [1.29, 1.82) is 0 Å². The Morgan fingerprint density at radius 1 is 1.59 bits per heavy atom. The lowest BCUT2D eigenvalue weighted by Crippen LogP contribution is -2.24. The number of nitrogens with one attached hydrogen (secondary N) is 1. The normalized spacial score (nSPS) is 12.9. The van der Waals surface area contributed by atoms with E-state index < -0.39 is 0 Å². The molecule has 0 aliphatic carbocycles. The van der Waals surface area contributed by atoms with Gasteiger partial charge in [0.1, 0.15) is 5.69 Å². The second kappa shape index (κ2) is 4.89. The standard InChI is InChI=1S/C11H15ClN4O/c1-7(13-2)4-10-14-11(17-15-10)9-5-8(12)6-16(9)3/h5-7,13H,4H2,1-3H3. The molecule has 0 fully saturated rings. The predicted octanol–water partition coefficient (Wildman–Crippen LogP) is 1.88. The summed E-state index contributed by atoms with van der Waals surface area (Å²) in [4.78, 5) is 4.35. The van der Waals surface area contributed by atoms with Crippen molar-refractivity contribution in [3.05, 3.63) is 23.1 Å². The number of hydrogen-bond acceptors (Lipinski definition) is 4. The number of hydrogen-bond donors (Lipinski definition) is 1. The maximum atomic E-state index is 5.91. The minimum absolute atomic E-state index is 0.317. The van der Waals surface area contributed by atoms with Gasteiger partial charge in [-0.2, -0.15) is 4.98 Å². The molecule has 17 heavy (non-hydrogen) atoms. The first-order chi connectivity index (χ1) is 8.10. The average Bonchev–Trinajstić information content (AvgIpc) is 2.85. The van der Waals surface area contributed by atoms with Gasteiger partial charge >= 0.3 is 0 Å². The van der Waals surface area contributed by atoms with Gasteiger partial charge in [-0.25, -0.2) is 0 Å². The summed E-state index contributed by atoms with van der Waals surface area (Å²) in [5, 5.41) is 7.74. The zero-order valence-electron chi connectivity index (χ0n) is 10.1. The molecule has 5 nitrogen and oxygen atoms in total. The van der Waals surface area contributed by atoms with Gasteiger partial charge in [0.05, 0.1) is 5.02 Å². The van der Waals surface area contributed by atoms with Gasteiger partial charge in [0.25, 0.3) is 5.89 Å². The highest BCUT2D eigenvalue weighted by Crippen LogP contribution is 2.22. The van der Waals surface area contributed by atoms with Crippen LogP contribution in [0.25, 0.3) is 11.6 Å². The molecular formula is C11H15ClN4O. The molecule has 1 unspecified atom stereocenters. The molecule has 0 saturated heterocycles. The number of likely N-dealkylation sites (N-methyl/N-ethyl adjacent to an activating group) is 1. The van der Waals surface area contributed by atoms with E-state index in [0.717, 1.165) is 12.1 Å². The van der Waals surface area contributed by atoms with Crippen molar-refractivity contribution < 1.29 is 4.52 Å². The quantitative estimate of drug-likeness (QED) is 0.905. The van der Waals surface area contributed by atoms with Crippen LogP contribution in [-0.4, -0.2) is 27.8 Å². The predicted molar refractivity (Wildman–Crippen MR) is 65.9 cm³/mol. The van der Waals surface area contributed by atoms with E-state index in [4.69, 9.17) is 16.1 Å². The van der Waals surface area contributed by atoms with E-state index in [-0.39, 0.29) is 0 Å². The van der Waals surface area contributed by atoms with Crippen molar-refractivity contribution in [2.24, 2.45) is 7.05 Å². The Morgan fingerprint density at radius 2 is 2.35 bits per heavy atom. The van der Waals surface area contributed by atoms with Crippen LogP contribution in [0.15, 0.2) is 16.8 Å². The van der Waals surface area contributed by atoms with Gasteiger partial charge in [0, 0.05) is 25.7 Å². The molecule has 0 bridgehead atoms. The fourth-order valence-electron chi connectivity index (χ4n) is 1.55. The van der Waals surface area contributed by atoms with E-state index in [0.29, 0.717) is 22.8 Å². The lowest BCUT2D eigenvalue weighted by Gasteiger charge is -2.04. The van der Waals surface area contributed by atoms with Crippen molar-refractivity contribution >= 4 is 11.6 Å². The molecule has 0 aliphatic heterocycles. The smallest absolute Gasteiger partial charge is 0.274 e. The number of nitrogens with zero attached hydrogens (tertiary/aromatic N) is 3. The molecule has 2 rings (SSSR count). The van der Waals surface area contributed by atoms with Gasteiger partial charge in [0.15, 0.2) is 5.82 Å². The Labute approximate surface area is 105 Å². The van der Waals surface area contributed by atoms with Crippen LogP contribution in [0, 0.1) is 0 Å². The summed E-state index contributed by atoms with van der Waals surface area (Å²) in [5.74, 6) is 1.19. The maximum Gasteiger partial charge on any atom is 0.274 e. The Balaban J connectivity index is 2.21. The first-order valence-electron chi connectivity index (χ1n) is 5.42. The van der Waals surface area contributed by atoms with E-state index in [2.05, 4.69) is 22.4 Å². The Bertz CT molecular complexity index is 505. The second-order valence-electron chi connectivity index (χ2n) is 4.06. The van der Waals surface area contributed by atoms with Crippen LogP contribution >= 0.6 is 11.6 Å². The van der Waals surface area contributed by atoms with Crippen molar-refractivity contribution in [2.75, 3.05) is 7.05 Å². The third-order valence-electron chi connectivity index (χ3n) is 2.64. The van der Waals surface area contributed by atoms with Crippen molar-refractivity contribution in [3.63, 3.8) is 0 Å². The summed E-state index contributed by atoms with van der Waals surface area (Å²) < 4.78 is 7.08. The topological polar surface area (TPSA) is 55.9 Å². The largest absolute Gasteiger partial charge is 0.345 e. The van der Waals surface area contributed by atoms with E-state index in [1.54, 1.807) is 12.3 Å². The third kappa shape index (κ3) is 2.68. The second-order valence-corrected chi connectivity index (χ2v) is 4.50. The molecule has 0 radical (unpaired) electrons. The Morgan fingerprint density at radius 3 is 2.94 bits per heavy atom. The molecule has 0 aromatic carbocycles. The highest BCUT2D eigenvalue weighted by Gasteiger charge is 2.14. The summed E-state index contributed by atoms with van der Waals surface area (Å²) in [6, 6.07) is 2.12. The van der Waals surface area contributed by atoms with E-state index in [1.807, 2.05) is 18.7 Å². The fraction of sp³-hybridized carbons (Fsp3) is 0.455. The molecule has 6 heteroatoms. The van der Waals surface area contributed by atoms with Crippen LogP contribution in [0.4, 0.5) is 0 Å². The molecule has 2 aromatic rings. The number of aryl methyl sites for hydroxylation is 1. The summed E-state index contributed by atoms with van der Waals surface area (Å²) in [7, 11) is 3.80. The molecular weight excluding hydrogens is 240 g/mol. The van der Waals surface area contributed by atoms with Crippen LogP contribution < -0.4 is 5.32 Å².